The lowest BCUT2D eigenvalue weighted by molar-refractivity contribution is -0.103. The highest BCUT2D eigenvalue weighted by Crippen LogP contribution is 2.49. The molecule has 1 aliphatic rings. The number of aldehydes is 1. The van der Waals surface area contributed by atoms with E-state index in [0.717, 1.165) is 44.2 Å². The molecule has 2 aromatic rings. The molecule has 0 heterocycles. The van der Waals surface area contributed by atoms with Gasteiger partial charge in [0.25, 0.3) is 0 Å². The molecule has 0 spiro atoms. The molecule has 0 N–H and O–H groups in total. The first-order chi connectivity index (χ1) is 9.22. The fourth-order valence-corrected chi connectivity index (χ4v) is 3.20. The number of hydrogen-bond acceptors (Lipinski definition) is 3. The average molecular weight is 319 g/mol. The third kappa shape index (κ3) is 1.53. The number of ether oxygens (including phenoxy) is 2. The van der Waals surface area contributed by atoms with Gasteiger partial charge in [0.05, 0.1) is 19.6 Å². The summed E-state index contributed by atoms with van der Waals surface area (Å²) >= 11 is 3.50. The van der Waals surface area contributed by atoms with E-state index in [4.69, 9.17) is 9.47 Å². The van der Waals surface area contributed by atoms with Crippen molar-refractivity contribution in [2.75, 3.05) is 14.2 Å². The van der Waals surface area contributed by atoms with Crippen LogP contribution < -0.4 is 9.47 Å². The SMILES string of the molecule is COc1ccc2c3c(ccc(OC)c13)C(C=O)=C2Br. The van der Waals surface area contributed by atoms with Gasteiger partial charge in [0.1, 0.15) is 11.5 Å². The molecule has 0 amide bonds. The molecule has 1 aliphatic carbocycles. The summed E-state index contributed by atoms with van der Waals surface area (Å²) in [7, 11) is 3.25. The summed E-state index contributed by atoms with van der Waals surface area (Å²) in [5, 5.41) is 1.89. The zero-order valence-corrected chi connectivity index (χ0v) is 12.1. The van der Waals surface area contributed by atoms with Gasteiger partial charge in [-0.05, 0) is 51.3 Å². The van der Waals surface area contributed by atoms with Crippen molar-refractivity contribution in [2.45, 2.75) is 0 Å². The molecule has 2 aromatic carbocycles. The van der Waals surface area contributed by atoms with Crippen LogP contribution in [0.5, 0.6) is 11.5 Å². The second-order valence-electron chi connectivity index (χ2n) is 4.23. The lowest BCUT2D eigenvalue weighted by atomic mass is 10.0. The van der Waals surface area contributed by atoms with Gasteiger partial charge in [0.15, 0.2) is 6.29 Å². The summed E-state index contributed by atoms with van der Waals surface area (Å²) in [5.41, 5.74) is 2.56. The van der Waals surface area contributed by atoms with Crippen LogP contribution in [0.4, 0.5) is 0 Å². The number of hydrogen-bond donors (Lipinski definition) is 0. The predicted octanol–water partition coefficient (Wildman–Crippen LogP) is 3.63. The molecule has 0 saturated heterocycles. The first-order valence-electron chi connectivity index (χ1n) is 5.76. The maximum absolute atomic E-state index is 11.3. The van der Waals surface area contributed by atoms with Gasteiger partial charge in [0.2, 0.25) is 0 Å². The highest BCUT2D eigenvalue weighted by atomic mass is 79.9. The number of benzene rings is 2. The van der Waals surface area contributed by atoms with E-state index >= 15 is 0 Å². The molecule has 3 nitrogen and oxygen atoms in total. The Morgan fingerprint density at radius 1 is 0.947 bits per heavy atom. The highest BCUT2D eigenvalue weighted by molar-refractivity contribution is 9.15. The van der Waals surface area contributed by atoms with E-state index in [1.807, 2.05) is 24.3 Å². The van der Waals surface area contributed by atoms with Gasteiger partial charge in [-0.2, -0.15) is 0 Å². The van der Waals surface area contributed by atoms with E-state index in [1.165, 1.54) is 0 Å². The van der Waals surface area contributed by atoms with E-state index in [-0.39, 0.29) is 0 Å². The second-order valence-corrected chi connectivity index (χ2v) is 5.02. The molecule has 0 aliphatic heterocycles. The molecule has 0 aromatic heterocycles. The van der Waals surface area contributed by atoms with Crippen LogP contribution in [0.2, 0.25) is 0 Å². The van der Waals surface area contributed by atoms with Crippen LogP contribution in [-0.2, 0) is 4.79 Å². The third-order valence-corrected chi connectivity index (χ3v) is 4.26. The Bertz CT molecular complexity index is 721. The molecular weight excluding hydrogens is 308 g/mol. The number of methoxy groups -OCH3 is 2. The number of carbonyl (C=O) groups is 1. The van der Waals surface area contributed by atoms with Gasteiger partial charge >= 0.3 is 0 Å². The quantitative estimate of drug-likeness (QED) is 0.811. The maximum Gasteiger partial charge on any atom is 0.151 e. The van der Waals surface area contributed by atoms with Gasteiger partial charge in [-0.3, -0.25) is 4.79 Å². The van der Waals surface area contributed by atoms with Crippen molar-refractivity contribution in [1.82, 2.24) is 0 Å². The van der Waals surface area contributed by atoms with E-state index in [0.29, 0.717) is 5.57 Å². The summed E-state index contributed by atoms with van der Waals surface area (Å²) in [6, 6.07) is 7.60. The third-order valence-electron chi connectivity index (χ3n) is 3.41. The van der Waals surface area contributed by atoms with Crippen LogP contribution in [-0.4, -0.2) is 20.5 Å². The van der Waals surface area contributed by atoms with E-state index in [1.54, 1.807) is 14.2 Å². The van der Waals surface area contributed by atoms with E-state index in [9.17, 15) is 4.79 Å². The summed E-state index contributed by atoms with van der Waals surface area (Å²) in [4.78, 5) is 11.3. The Labute approximate surface area is 118 Å². The minimum atomic E-state index is 0.663. The van der Waals surface area contributed by atoms with Gasteiger partial charge in [0, 0.05) is 15.4 Å². The molecule has 0 fully saturated rings. The first kappa shape index (κ1) is 12.2. The summed E-state index contributed by atoms with van der Waals surface area (Å²) in [6.07, 6.45) is 0.873. The van der Waals surface area contributed by atoms with Crippen molar-refractivity contribution in [3.8, 4) is 11.5 Å². The molecule has 96 valence electrons. The topological polar surface area (TPSA) is 35.5 Å². The Balaban J connectivity index is 2.50. The smallest absolute Gasteiger partial charge is 0.151 e. The fraction of sp³-hybridized carbons (Fsp3) is 0.133. The molecule has 0 radical (unpaired) electrons. The Hall–Kier alpha value is -1.81. The van der Waals surface area contributed by atoms with Crippen molar-refractivity contribution in [2.24, 2.45) is 0 Å². The Morgan fingerprint density at radius 2 is 1.53 bits per heavy atom. The molecule has 3 rings (SSSR count). The number of allylic oxidation sites excluding steroid dienone is 1. The second kappa shape index (κ2) is 4.38. The number of halogens is 1. The molecule has 19 heavy (non-hydrogen) atoms. The van der Waals surface area contributed by atoms with Gasteiger partial charge in [-0.1, -0.05) is 0 Å². The van der Waals surface area contributed by atoms with Crippen LogP contribution in [0.1, 0.15) is 11.1 Å². The highest BCUT2D eigenvalue weighted by Gasteiger charge is 2.25. The summed E-state index contributed by atoms with van der Waals surface area (Å²) in [6.45, 7) is 0. The zero-order chi connectivity index (χ0) is 13.6. The van der Waals surface area contributed by atoms with Gasteiger partial charge in [-0.25, -0.2) is 0 Å². The van der Waals surface area contributed by atoms with Crippen molar-refractivity contribution in [3.63, 3.8) is 0 Å². The molecule has 0 atom stereocenters. The van der Waals surface area contributed by atoms with E-state index in [2.05, 4.69) is 15.9 Å². The molecule has 4 heteroatoms. The van der Waals surface area contributed by atoms with E-state index < -0.39 is 0 Å². The van der Waals surface area contributed by atoms with Crippen molar-refractivity contribution in [1.29, 1.82) is 0 Å². The fourth-order valence-electron chi connectivity index (χ4n) is 2.56. The van der Waals surface area contributed by atoms with Crippen molar-refractivity contribution >= 4 is 43.0 Å². The average Bonchev–Trinajstić information content (AvgIpc) is 2.73. The largest absolute Gasteiger partial charge is 0.496 e. The lowest BCUT2D eigenvalue weighted by Crippen LogP contribution is -1.92. The normalized spacial score (nSPS) is 13.0. The monoisotopic (exact) mass is 318 g/mol. The number of carbonyl (C=O) groups excluding carboxylic acids is 1. The van der Waals surface area contributed by atoms with Crippen molar-refractivity contribution < 1.29 is 14.3 Å². The first-order valence-corrected chi connectivity index (χ1v) is 6.55. The molecular formula is C15H11BrO3. The Kier molecular flexibility index (Phi) is 2.82. The van der Waals surface area contributed by atoms with Gasteiger partial charge < -0.3 is 9.47 Å². The Morgan fingerprint density at radius 3 is 2.05 bits per heavy atom. The van der Waals surface area contributed by atoms with Gasteiger partial charge in [-0.15, -0.1) is 0 Å². The predicted molar refractivity (Wildman–Crippen MR) is 78.9 cm³/mol. The molecule has 0 unspecified atom stereocenters. The maximum atomic E-state index is 11.3. The van der Waals surface area contributed by atoms with Crippen LogP contribution in [0.15, 0.2) is 24.3 Å². The summed E-state index contributed by atoms with van der Waals surface area (Å²) < 4.78 is 11.6. The summed E-state index contributed by atoms with van der Waals surface area (Å²) in [5.74, 6) is 1.48. The van der Waals surface area contributed by atoms with Crippen LogP contribution in [0.3, 0.4) is 0 Å². The minimum Gasteiger partial charge on any atom is -0.496 e. The lowest BCUT2D eigenvalue weighted by Gasteiger charge is -2.12. The van der Waals surface area contributed by atoms with Crippen molar-refractivity contribution in [3.05, 3.63) is 35.4 Å². The standard InChI is InChI=1S/C15H11BrO3/c1-18-11-5-3-8-10(7-17)15(16)9-4-6-12(19-2)14(11)13(8)9/h3-7H,1-2H3. The molecule has 0 bridgehead atoms. The van der Waals surface area contributed by atoms with Crippen LogP contribution >= 0.6 is 15.9 Å². The zero-order valence-electron chi connectivity index (χ0n) is 10.5. The minimum absolute atomic E-state index is 0.663. The molecule has 0 saturated carbocycles. The number of rotatable bonds is 3. The van der Waals surface area contributed by atoms with Crippen LogP contribution in [0.25, 0.3) is 20.8 Å². The van der Waals surface area contributed by atoms with Crippen LogP contribution in [0, 0.1) is 0 Å².